The van der Waals surface area contributed by atoms with Crippen molar-refractivity contribution in [2.75, 3.05) is 25.0 Å². The van der Waals surface area contributed by atoms with E-state index in [-0.39, 0.29) is 5.92 Å². The first-order valence-electron chi connectivity index (χ1n) is 13.3. The minimum atomic E-state index is 0.137. The van der Waals surface area contributed by atoms with Crippen LogP contribution in [0, 0.1) is 11.8 Å². The van der Waals surface area contributed by atoms with Crippen LogP contribution in [0.5, 0.6) is 0 Å². The molecule has 0 saturated heterocycles. The van der Waals surface area contributed by atoms with Crippen molar-refractivity contribution in [2.45, 2.75) is 84.6 Å². The van der Waals surface area contributed by atoms with Gasteiger partial charge in [-0.25, -0.2) is 0 Å². The Balaban J connectivity index is 1.54. The van der Waals surface area contributed by atoms with E-state index in [0.717, 1.165) is 73.7 Å². The number of carbonyl (C=O) groups excluding carboxylic acids is 1. The van der Waals surface area contributed by atoms with Gasteiger partial charge in [0.15, 0.2) is 0 Å². The summed E-state index contributed by atoms with van der Waals surface area (Å²) >= 11 is 6.18. The number of allylic oxidation sites excluding steroid dienone is 3. The first-order valence-corrected chi connectivity index (χ1v) is 13.7. The maximum absolute atomic E-state index is 13.6. The predicted octanol–water partition coefficient (Wildman–Crippen LogP) is 5.96. The maximum Gasteiger partial charge on any atom is 0.226 e. The third kappa shape index (κ3) is 7.88. The fourth-order valence-corrected chi connectivity index (χ4v) is 5.18. The minimum Gasteiger partial charge on any atom is -0.342 e. The van der Waals surface area contributed by atoms with Crippen molar-refractivity contribution in [3.63, 3.8) is 0 Å². The van der Waals surface area contributed by atoms with Crippen molar-refractivity contribution >= 4 is 23.3 Å². The van der Waals surface area contributed by atoms with Crippen LogP contribution in [0.4, 0.5) is 5.82 Å². The Morgan fingerprint density at radius 2 is 2.03 bits per heavy atom. The van der Waals surface area contributed by atoms with Crippen LogP contribution in [0.25, 0.3) is 0 Å². The van der Waals surface area contributed by atoms with E-state index in [2.05, 4.69) is 28.7 Å². The third-order valence-electron chi connectivity index (χ3n) is 7.25. The average molecular weight is 490 g/mol. The molecule has 6 nitrogen and oxygen atoms in total. The van der Waals surface area contributed by atoms with Gasteiger partial charge < -0.3 is 15.5 Å². The molecule has 1 fully saturated rings. The highest BCUT2D eigenvalue weighted by molar-refractivity contribution is 6.29. The molecule has 0 radical (unpaired) electrons. The molecule has 1 saturated carbocycles. The second kappa shape index (κ2) is 13.9. The van der Waals surface area contributed by atoms with Crippen LogP contribution in [-0.4, -0.2) is 40.2 Å². The molecule has 190 valence electrons. The number of hydrogen-bond donors (Lipinski definition) is 2. The SMILES string of the molecule is C/C=C(/Cl)CC/C=C1\CN(C(=O)C2CCC(CNCCCCCC)CC2)Cc2cnn(C)c2N1. The van der Waals surface area contributed by atoms with Crippen molar-refractivity contribution in [3.05, 3.63) is 34.6 Å². The number of carbonyl (C=O) groups is 1. The number of nitrogens with zero attached hydrogens (tertiary/aromatic N) is 3. The normalized spacial score (nSPS) is 22.4. The van der Waals surface area contributed by atoms with Gasteiger partial charge in [-0.05, 0) is 70.9 Å². The number of amides is 1. The van der Waals surface area contributed by atoms with Gasteiger partial charge in [-0.15, -0.1) is 0 Å². The Bertz CT molecular complexity index is 838. The Kier molecular flexibility index (Phi) is 11.0. The zero-order chi connectivity index (χ0) is 24.3. The quantitative estimate of drug-likeness (QED) is 0.376. The lowest BCUT2D eigenvalue weighted by atomic mass is 9.81. The van der Waals surface area contributed by atoms with Crippen LogP contribution < -0.4 is 10.6 Å². The molecular formula is C27H44ClN5O. The third-order valence-corrected chi connectivity index (χ3v) is 7.66. The van der Waals surface area contributed by atoms with Crippen molar-refractivity contribution in [1.29, 1.82) is 0 Å². The van der Waals surface area contributed by atoms with Gasteiger partial charge in [0.1, 0.15) is 5.82 Å². The van der Waals surface area contributed by atoms with Gasteiger partial charge >= 0.3 is 0 Å². The first kappa shape index (κ1) is 26.8. The minimum absolute atomic E-state index is 0.137. The van der Waals surface area contributed by atoms with Gasteiger partial charge in [-0.1, -0.05) is 49.9 Å². The fraction of sp³-hybridized carbons (Fsp3) is 0.704. The average Bonchev–Trinajstić information content (AvgIpc) is 3.07. The second-order valence-electron chi connectivity index (χ2n) is 9.95. The highest BCUT2D eigenvalue weighted by Gasteiger charge is 2.31. The highest BCUT2D eigenvalue weighted by atomic mass is 35.5. The Hall–Kier alpha value is -1.79. The van der Waals surface area contributed by atoms with Crippen LogP contribution >= 0.6 is 11.6 Å². The van der Waals surface area contributed by atoms with Crippen molar-refractivity contribution in [1.82, 2.24) is 20.0 Å². The Morgan fingerprint density at radius 3 is 2.76 bits per heavy atom. The van der Waals surface area contributed by atoms with Gasteiger partial charge in [-0.3, -0.25) is 9.48 Å². The molecule has 0 atom stereocenters. The number of rotatable bonds is 11. The zero-order valence-corrected chi connectivity index (χ0v) is 22.2. The lowest BCUT2D eigenvalue weighted by Crippen LogP contribution is -2.39. The molecule has 0 aromatic carbocycles. The number of unbranched alkanes of at least 4 members (excludes halogenated alkanes) is 3. The first-order chi connectivity index (χ1) is 16.5. The number of aromatic nitrogens is 2. The van der Waals surface area contributed by atoms with Gasteiger partial charge in [0.2, 0.25) is 5.91 Å². The molecule has 2 N–H and O–H groups in total. The van der Waals surface area contributed by atoms with E-state index in [9.17, 15) is 4.79 Å². The highest BCUT2D eigenvalue weighted by Crippen LogP contribution is 2.32. The van der Waals surface area contributed by atoms with Gasteiger partial charge in [-0.2, -0.15) is 5.10 Å². The van der Waals surface area contributed by atoms with E-state index in [1.165, 1.54) is 25.7 Å². The summed E-state index contributed by atoms with van der Waals surface area (Å²) in [6.07, 6.45) is 17.2. The molecular weight excluding hydrogens is 446 g/mol. The van der Waals surface area contributed by atoms with Crippen LogP contribution in [0.2, 0.25) is 0 Å². The van der Waals surface area contributed by atoms with E-state index in [1.807, 2.05) is 35.8 Å². The summed E-state index contributed by atoms with van der Waals surface area (Å²) in [5.41, 5.74) is 2.13. The maximum atomic E-state index is 13.6. The van der Waals surface area contributed by atoms with E-state index >= 15 is 0 Å². The van der Waals surface area contributed by atoms with E-state index in [0.29, 0.717) is 24.9 Å². The van der Waals surface area contributed by atoms with E-state index in [1.54, 1.807) is 0 Å². The van der Waals surface area contributed by atoms with E-state index in [4.69, 9.17) is 11.6 Å². The summed E-state index contributed by atoms with van der Waals surface area (Å²) in [5.74, 6) is 2.12. The molecule has 0 spiro atoms. The molecule has 1 aliphatic carbocycles. The Morgan fingerprint density at radius 1 is 1.24 bits per heavy atom. The summed E-state index contributed by atoms with van der Waals surface area (Å²) < 4.78 is 1.86. The molecule has 3 rings (SSSR count). The molecule has 0 bridgehead atoms. The number of halogens is 1. The standard InChI is InChI=1S/C27H44ClN5O/c1-4-6-7-8-16-29-17-21-12-14-22(15-13-21)27(34)33-19-23-18-30-32(3)26(23)31-25(20-33)11-9-10-24(28)5-2/h5,11,18,21-22,29,31H,4,6-10,12-17,19-20H2,1-3H3/b24-5+,25-11+. The summed E-state index contributed by atoms with van der Waals surface area (Å²) in [5, 5.41) is 12.5. The molecule has 2 aliphatic rings. The summed E-state index contributed by atoms with van der Waals surface area (Å²) in [6.45, 7) is 7.66. The summed E-state index contributed by atoms with van der Waals surface area (Å²) in [6, 6.07) is 0. The van der Waals surface area contributed by atoms with E-state index < -0.39 is 0 Å². The number of fused-ring (bicyclic) bond motifs is 1. The molecule has 34 heavy (non-hydrogen) atoms. The van der Waals surface area contributed by atoms with Gasteiger partial charge in [0.25, 0.3) is 0 Å². The topological polar surface area (TPSA) is 62.2 Å². The lowest BCUT2D eigenvalue weighted by molar-refractivity contribution is -0.137. The largest absolute Gasteiger partial charge is 0.342 e. The fourth-order valence-electron chi connectivity index (χ4n) is 5.07. The monoisotopic (exact) mass is 489 g/mol. The summed E-state index contributed by atoms with van der Waals surface area (Å²) in [4.78, 5) is 15.6. The number of hydrogen-bond acceptors (Lipinski definition) is 4. The smallest absolute Gasteiger partial charge is 0.226 e. The number of aryl methyl sites for hydroxylation is 1. The van der Waals surface area contributed by atoms with Crippen molar-refractivity contribution in [2.24, 2.45) is 18.9 Å². The lowest BCUT2D eigenvalue weighted by Gasteiger charge is -2.32. The van der Waals surface area contributed by atoms with Gasteiger partial charge in [0.05, 0.1) is 19.3 Å². The molecule has 7 heteroatoms. The van der Waals surface area contributed by atoms with Crippen molar-refractivity contribution < 1.29 is 4.79 Å². The molecule has 0 unspecified atom stereocenters. The molecule has 1 amide bonds. The molecule has 2 heterocycles. The predicted molar refractivity (Wildman–Crippen MR) is 142 cm³/mol. The van der Waals surface area contributed by atoms with Gasteiger partial charge in [0, 0.05) is 29.3 Å². The molecule has 1 aliphatic heterocycles. The van der Waals surface area contributed by atoms with Crippen LogP contribution in [0.15, 0.2) is 29.1 Å². The zero-order valence-electron chi connectivity index (χ0n) is 21.4. The Labute approximate surface area is 211 Å². The number of anilines is 1. The molecule has 1 aromatic rings. The van der Waals surface area contributed by atoms with Crippen LogP contribution in [-0.2, 0) is 18.4 Å². The number of nitrogens with one attached hydrogen (secondary N) is 2. The van der Waals surface area contributed by atoms with Crippen molar-refractivity contribution in [3.8, 4) is 0 Å². The van der Waals surface area contributed by atoms with Crippen LogP contribution in [0.3, 0.4) is 0 Å². The van der Waals surface area contributed by atoms with Crippen LogP contribution in [0.1, 0.15) is 83.6 Å². The molecule has 1 aromatic heterocycles. The summed E-state index contributed by atoms with van der Waals surface area (Å²) in [7, 11) is 1.94. The second-order valence-corrected chi connectivity index (χ2v) is 10.4.